The van der Waals surface area contributed by atoms with Gasteiger partial charge >= 0.3 is 0 Å². The van der Waals surface area contributed by atoms with Gasteiger partial charge in [-0.25, -0.2) is 9.97 Å². The normalized spacial score (nSPS) is 11.0. The number of imidazole rings is 1. The number of anilines is 1. The summed E-state index contributed by atoms with van der Waals surface area (Å²) in [7, 11) is 0. The van der Waals surface area contributed by atoms with Crippen LogP contribution in [0.25, 0.3) is 17.0 Å². The van der Waals surface area contributed by atoms with Crippen molar-refractivity contribution in [1.29, 1.82) is 0 Å². The molecule has 0 saturated heterocycles. The molecule has 5 heteroatoms. The number of carbonyl (C=O) groups is 1. The Kier molecular flexibility index (Phi) is 4.99. The third kappa shape index (κ3) is 3.94. The molecular formula is C26H20N4O. The number of nitrogens with zero attached hydrogens (tertiary/aromatic N) is 3. The summed E-state index contributed by atoms with van der Waals surface area (Å²) >= 11 is 0. The summed E-state index contributed by atoms with van der Waals surface area (Å²) in [5, 5.41) is 3.07. The summed E-state index contributed by atoms with van der Waals surface area (Å²) in [4.78, 5) is 22.1. The van der Waals surface area contributed by atoms with Crippen molar-refractivity contribution in [2.45, 2.75) is 5.92 Å². The minimum absolute atomic E-state index is 0.0675. The van der Waals surface area contributed by atoms with Crippen molar-refractivity contribution in [3.63, 3.8) is 0 Å². The van der Waals surface area contributed by atoms with E-state index in [1.165, 1.54) is 0 Å². The highest BCUT2D eigenvalue weighted by Crippen LogP contribution is 2.27. The third-order valence-electron chi connectivity index (χ3n) is 5.21. The molecule has 0 unspecified atom stereocenters. The van der Waals surface area contributed by atoms with Crippen molar-refractivity contribution < 1.29 is 4.79 Å². The fraction of sp³-hybridized carbons (Fsp3) is 0.0385. The van der Waals surface area contributed by atoms with Crippen molar-refractivity contribution in [1.82, 2.24) is 14.4 Å². The topological polar surface area (TPSA) is 59.3 Å². The highest BCUT2D eigenvalue weighted by atomic mass is 16.1. The van der Waals surface area contributed by atoms with Crippen LogP contribution in [0.5, 0.6) is 0 Å². The maximum absolute atomic E-state index is 13.3. The van der Waals surface area contributed by atoms with E-state index < -0.39 is 0 Å². The first-order valence-electron chi connectivity index (χ1n) is 10.1. The number of benzene rings is 3. The van der Waals surface area contributed by atoms with Gasteiger partial charge in [0, 0.05) is 29.8 Å². The van der Waals surface area contributed by atoms with E-state index in [1.54, 1.807) is 6.20 Å². The molecule has 2 aromatic heterocycles. The van der Waals surface area contributed by atoms with Crippen LogP contribution in [-0.2, 0) is 4.79 Å². The lowest BCUT2D eigenvalue weighted by Gasteiger charge is -2.18. The number of hydrogen-bond acceptors (Lipinski definition) is 3. The van der Waals surface area contributed by atoms with Crippen molar-refractivity contribution in [2.24, 2.45) is 0 Å². The molecule has 3 aromatic carbocycles. The Bertz CT molecular complexity index is 1240. The Morgan fingerprint density at radius 2 is 1.45 bits per heavy atom. The quantitative estimate of drug-likeness (QED) is 0.440. The first-order chi connectivity index (χ1) is 15.3. The molecule has 150 valence electrons. The second kappa shape index (κ2) is 8.24. The fourth-order valence-electron chi connectivity index (χ4n) is 3.69. The largest absolute Gasteiger partial charge is 0.325 e. The van der Waals surface area contributed by atoms with Crippen LogP contribution < -0.4 is 5.32 Å². The predicted molar refractivity (Wildman–Crippen MR) is 122 cm³/mol. The van der Waals surface area contributed by atoms with E-state index in [9.17, 15) is 4.79 Å². The molecule has 5 nitrogen and oxygen atoms in total. The summed E-state index contributed by atoms with van der Waals surface area (Å²) < 4.78 is 1.88. The summed E-state index contributed by atoms with van der Waals surface area (Å²) in [6.07, 6.45) is 5.58. The predicted octanol–water partition coefficient (Wildman–Crippen LogP) is 5.17. The molecule has 0 bridgehead atoms. The molecule has 1 amide bonds. The molecule has 0 fully saturated rings. The number of fused-ring (bicyclic) bond motifs is 1. The van der Waals surface area contributed by atoms with E-state index in [4.69, 9.17) is 0 Å². The van der Waals surface area contributed by atoms with Gasteiger partial charge in [-0.1, -0.05) is 72.8 Å². The van der Waals surface area contributed by atoms with Crippen LogP contribution in [0.4, 0.5) is 5.69 Å². The highest BCUT2D eigenvalue weighted by molar-refractivity contribution is 5.98. The van der Waals surface area contributed by atoms with Gasteiger partial charge in [-0.2, -0.15) is 0 Å². The zero-order valence-corrected chi connectivity index (χ0v) is 16.7. The van der Waals surface area contributed by atoms with Crippen LogP contribution in [0.1, 0.15) is 17.0 Å². The first-order valence-corrected chi connectivity index (χ1v) is 10.1. The van der Waals surface area contributed by atoms with E-state index in [1.807, 2.05) is 108 Å². The molecular weight excluding hydrogens is 384 g/mol. The maximum Gasteiger partial charge on any atom is 0.236 e. The Morgan fingerprint density at radius 1 is 0.806 bits per heavy atom. The van der Waals surface area contributed by atoms with E-state index in [0.29, 0.717) is 5.78 Å². The van der Waals surface area contributed by atoms with Crippen LogP contribution in [-0.4, -0.2) is 20.3 Å². The number of amides is 1. The molecule has 0 aliphatic rings. The van der Waals surface area contributed by atoms with Crippen LogP contribution in [0.2, 0.25) is 0 Å². The smallest absolute Gasteiger partial charge is 0.236 e. The van der Waals surface area contributed by atoms with Gasteiger partial charge < -0.3 is 5.32 Å². The van der Waals surface area contributed by atoms with Crippen molar-refractivity contribution >= 4 is 17.4 Å². The molecule has 31 heavy (non-hydrogen) atoms. The molecule has 0 atom stereocenters. The van der Waals surface area contributed by atoms with Crippen molar-refractivity contribution in [2.75, 3.05) is 5.32 Å². The zero-order chi connectivity index (χ0) is 21.0. The Labute approximate surface area is 180 Å². The molecule has 5 aromatic rings. The third-order valence-corrected chi connectivity index (χ3v) is 5.21. The number of nitrogens with one attached hydrogen (secondary N) is 1. The van der Waals surface area contributed by atoms with Gasteiger partial charge in [-0.15, -0.1) is 0 Å². The number of carbonyl (C=O) groups excluding carboxylic acids is 1. The minimum atomic E-state index is -0.383. The number of aromatic nitrogens is 3. The SMILES string of the molecule is O=C(Nc1ccc(-c2cn3cccnc3n2)cc1)C(c1ccccc1)c1ccccc1. The molecule has 2 heterocycles. The second-order valence-corrected chi connectivity index (χ2v) is 7.27. The molecule has 1 N–H and O–H groups in total. The molecule has 0 radical (unpaired) electrons. The summed E-state index contributed by atoms with van der Waals surface area (Å²) in [6.45, 7) is 0. The van der Waals surface area contributed by atoms with E-state index in [0.717, 1.165) is 28.1 Å². The van der Waals surface area contributed by atoms with Gasteiger partial charge in [0.1, 0.15) is 0 Å². The van der Waals surface area contributed by atoms with Crippen LogP contribution >= 0.6 is 0 Å². The van der Waals surface area contributed by atoms with E-state index in [-0.39, 0.29) is 11.8 Å². The lowest BCUT2D eigenvalue weighted by molar-refractivity contribution is -0.116. The summed E-state index contributed by atoms with van der Waals surface area (Å²) in [5.74, 6) is 0.206. The highest BCUT2D eigenvalue weighted by Gasteiger charge is 2.22. The van der Waals surface area contributed by atoms with Crippen molar-refractivity contribution in [3.05, 3.63) is 121 Å². The molecule has 5 rings (SSSR count). The van der Waals surface area contributed by atoms with Crippen LogP contribution in [0, 0.1) is 0 Å². The van der Waals surface area contributed by atoms with Gasteiger partial charge in [-0.05, 0) is 29.3 Å². The molecule has 0 saturated carbocycles. The monoisotopic (exact) mass is 404 g/mol. The molecule has 0 spiro atoms. The average molecular weight is 404 g/mol. The summed E-state index contributed by atoms with van der Waals surface area (Å²) in [6, 6.07) is 29.2. The second-order valence-electron chi connectivity index (χ2n) is 7.27. The zero-order valence-electron chi connectivity index (χ0n) is 16.7. The van der Waals surface area contributed by atoms with E-state index >= 15 is 0 Å². The Morgan fingerprint density at radius 3 is 2.06 bits per heavy atom. The average Bonchev–Trinajstić information content (AvgIpc) is 3.25. The van der Waals surface area contributed by atoms with Gasteiger partial charge in [0.2, 0.25) is 11.7 Å². The number of hydrogen-bond donors (Lipinski definition) is 1. The number of rotatable bonds is 5. The van der Waals surface area contributed by atoms with Gasteiger partial charge in [0.25, 0.3) is 0 Å². The molecule has 0 aliphatic heterocycles. The van der Waals surface area contributed by atoms with Gasteiger partial charge in [-0.3, -0.25) is 9.20 Å². The van der Waals surface area contributed by atoms with E-state index in [2.05, 4.69) is 15.3 Å². The lowest BCUT2D eigenvalue weighted by Crippen LogP contribution is -2.22. The van der Waals surface area contributed by atoms with Crippen molar-refractivity contribution in [3.8, 4) is 11.3 Å². The maximum atomic E-state index is 13.3. The van der Waals surface area contributed by atoms with Crippen LogP contribution in [0.15, 0.2) is 110 Å². The molecule has 0 aliphatic carbocycles. The Balaban J connectivity index is 1.39. The summed E-state index contributed by atoms with van der Waals surface area (Å²) in [5.41, 5.74) is 4.46. The Hall–Kier alpha value is -4.25. The van der Waals surface area contributed by atoms with Crippen LogP contribution in [0.3, 0.4) is 0 Å². The van der Waals surface area contributed by atoms with Gasteiger partial charge in [0.15, 0.2) is 0 Å². The standard InChI is InChI=1S/C26H20N4O/c31-25(24(20-8-3-1-4-9-20)21-10-5-2-6-11-21)28-22-14-12-19(13-15-22)23-18-30-17-7-16-27-26(30)29-23/h1-18,24H,(H,28,31). The first kappa shape index (κ1) is 18.8. The van der Waals surface area contributed by atoms with Gasteiger partial charge in [0.05, 0.1) is 11.6 Å². The lowest BCUT2D eigenvalue weighted by atomic mass is 9.90. The fourth-order valence-corrected chi connectivity index (χ4v) is 3.69. The minimum Gasteiger partial charge on any atom is -0.325 e.